The molecule has 0 amide bonds. The zero-order chi connectivity index (χ0) is 18.6. The Morgan fingerprint density at radius 2 is 0.958 bits per heavy atom. The topological polar surface area (TPSA) is 74.6 Å². The van der Waals surface area contributed by atoms with Gasteiger partial charge in [-0.3, -0.25) is 9.59 Å². The molecule has 4 heteroatoms. The molecule has 0 radical (unpaired) electrons. The van der Waals surface area contributed by atoms with Crippen molar-refractivity contribution in [2.45, 2.75) is 105 Å². The summed E-state index contributed by atoms with van der Waals surface area (Å²) in [6.07, 6.45) is 9.56. The normalized spacial score (nSPS) is 12.3. The van der Waals surface area contributed by atoms with Crippen LogP contribution in [0.15, 0.2) is 0 Å². The lowest BCUT2D eigenvalue weighted by atomic mass is 9.73. The van der Waals surface area contributed by atoms with Gasteiger partial charge in [-0.25, -0.2) is 0 Å². The molecule has 0 fully saturated rings. The third kappa shape index (κ3) is 6.45. The zero-order valence-electron chi connectivity index (χ0n) is 16.2. The highest BCUT2D eigenvalue weighted by Crippen LogP contribution is 2.39. The SMILES string of the molecule is CCCCC(CCCC)(CCCCC(CC)(CC)C(=O)O)C(=O)O. The molecule has 0 aromatic heterocycles. The first kappa shape index (κ1) is 22.9. The van der Waals surface area contributed by atoms with Crippen molar-refractivity contribution >= 4 is 11.9 Å². The van der Waals surface area contributed by atoms with Crippen LogP contribution in [-0.2, 0) is 9.59 Å². The fourth-order valence-electron chi connectivity index (χ4n) is 3.67. The van der Waals surface area contributed by atoms with Gasteiger partial charge >= 0.3 is 11.9 Å². The summed E-state index contributed by atoms with van der Waals surface area (Å²) in [6, 6.07) is 0. The van der Waals surface area contributed by atoms with Crippen molar-refractivity contribution < 1.29 is 19.8 Å². The highest BCUT2D eigenvalue weighted by Gasteiger charge is 2.38. The predicted octanol–water partition coefficient (Wildman–Crippen LogP) is 5.89. The molecule has 0 unspecified atom stereocenters. The average molecular weight is 343 g/mol. The Hall–Kier alpha value is -1.06. The van der Waals surface area contributed by atoms with E-state index in [1.54, 1.807) is 0 Å². The number of carboxylic acid groups (broad SMARTS) is 2. The summed E-state index contributed by atoms with van der Waals surface area (Å²) in [7, 11) is 0. The molecule has 0 aromatic carbocycles. The highest BCUT2D eigenvalue weighted by atomic mass is 16.4. The minimum atomic E-state index is -0.714. The van der Waals surface area contributed by atoms with Crippen LogP contribution >= 0.6 is 0 Å². The largest absolute Gasteiger partial charge is 0.481 e. The summed E-state index contributed by atoms with van der Waals surface area (Å²) in [5.41, 5.74) is -1.25. The first-order chi connectivity index (χ1) is 11.3. The van der Waals surface area contributed by atoms with E-state index in [0.29, 0.717) is 25.7 Å². The molecule has 2 N–H and O–H groups in total. The molecule has 0 bridgehead atoms. The molecule has 0 aliphatic heterocycles. The Kier molecular flexibility index (Phi) is 11.0. The van der Waals surface area contributed by atoms with Crippen molar-refractivity contribution in [2.24, 2.45) is 10.8 Å². The van der Waals surface area contributed by atoms with Gasteiger partial charge in [-0.2, -0.15) is 0 Å². The zero-order valence-corrected chi connectivity index (χ0v) is 16.2. The number of aliphatic carboxylic acids is 2. The van der Waals surface area contributed by atoms with Gasteiger partial charge in [0.1, 0.15) is 0 Å². The molecule has 24 heavy (non-hydrogen) atoms. The van der Waals surface area contributed by atoms with Gasteiger partial charge in [0.05, 0.1) is 10.8 Å². The molecule has 0 aliphatic carbocycles. The Balaban J connectivity index is 4.81. The van der Waals surface area contributed by atoms with Crippen molar-refractivity contribution in [3.63, 3.8) is 0 Å². The van der Waals surface area contributed by atoms with Crippen molar-refractivity contribution in [1.29, 1.82) is 0 Å². The summed E-state index contributed by atoms with van der Waals surface area (Å²) in [4.78, 5) is 23.5. The van der Waals surface area contributed by atoms with Gasteiger partial charge in [0.2, 0.25) is 0 Å². The second-order valence-electron chi connectivity index (χ2n) is 7.29. The number of carbonyl (C=O) groups is 2. The number of hydrogen-bond acceptors (Lipinski definition) is 2. The Labute approximate surface area is 148 Å². The van der Waals surface area contributed by atoms with E-state index in [-0.39, 0.29) is 0 Å². The Morgan fingerprint density at radius 1 is 0.625 bits per heavy atom. The van der Waals surface area contributed by atoms with Gasteiger partial charge in [-0.1, -0.05) is 66.2 Å². The Morgan fingerprint density at radius 3 is 1.25 bits per heavy atom. The fourth-order valence-corrected chi connectivity index (χ4v) is 3.67. The molecule has 0 saturated carbocycles. The van der Waals surface area contributed by atoms with Crippen molar-refractivity contribution in [3.05, 3.63) is 0 Å². The van der Waals surface area contributed by atoms with E-state index in [0.717, 1.165) is 51.4 Å². The van der Waals surface area contributed by atoms with E-state index in [9.17, 15) is 19.8 Å². The standard InChI is InChI=1S/C20H38O4/c1-5-9-13-20(18(23)24,14-10-6-2)16-12-11-15-19(7-3,8-4)17(21)22/h5-16H2,1-4H3,(H,21,22)(H,23,24). The van der Waals surface area contributed by atoms with Gasteiger partial charge in [0.15, 0.2) is 0 Å². The van der Waals surface area contributed by atoms with Crippen molar-refractivity contribution in [1.82, 2.24) is 0 Å². The number of unbranched alkanes of at least 4 members (excludes halogenated alkanes) is 3. The molecule has 4 nitrogen and oxygen atoms in total. The first-order valence-electron chi connectivity index (χ1n) is 9.81. The maximum Gasteiger partial charge on any atom is 0.309 e. The van der Waals surface area contributed by atoms with Crippen LogP contribution in [0.5, 0.6) is 0 Å². The molecular weight excluding hydrogens is 304 g/mol. The van der Waals surface area contributed by atoms with Crippen LogP contribution in [0.25, 0.3) is 0 Å². The predicted molar refractivity (Wildman–Crippen MR) is 98.2 cm³/mol. The van der Waals surface area contributed by atoms with E-state index in [1.165, 1.54) is 0 Å². The van der Waals surface area contributed by atoms with Crippen LogP contribution in [0.2, 0.25) is 0 Å². The average Bonchev–Trinajstić information content (AvgIpc) is 2.56. The molecule has 0 rings (SSSR count). The number of carboxylic acids is 2. The third-order valence-electron chi connectivity index (χ3n) is 5.84. The van der Waals surface area contributed by atoms with E-state index in [1.807, 2.05) is 13.8 Å². The first-order valence-corrected chi connectivity index (χ1v) is 9.81. The lowest BCUT2D eigenvalue weighted by Crippen LogP contribution is -2.32. The van der Waals surface area contributed by atoms with Gasteiger partial charge in [0.25, 0.3) is 0 Å². The molecule has 0 atom stereocenters. The van der Waals surface area contributed by atoms with Gasteiger partial charge in [0, 0.05) is 0 Å². The fraction of sp³-hybridized carbons (Fsp3) is 0.900. The van der Waals surface area contributed by atoms with Crippen LogP contribution in [0.3, 0.4) is 0 Å². The van der Waals surface area contributed by atoms with Crippen LogP contribution in [0, 0.1) is 10.8 Å². The van der Waals surface area contributed by atoms with Crippen LogP contribution in [0.1, 0.15) is 105 Å². The third-order valence-corrected chi connectivity index (χ3v) is 5.84. The summed E-state index contributed by atoms with van der Waals surface area (Å²) in [5, 5.41) is 19.3. The minimum absolute atomic E-state index is 0.615. The lowest BCUT2D eigenvalue weighted by Gasteiger charge is -2.31. The molecule has 142 valence electrons. The van der Waals surface area contributed by atoms with E-state index in [2.05, 4.69) is 13.8 Å². The number of hydrogen-bond donors (Lipinski definition) is 2. The molecule has 0 aliphatic rings. The van der Waals surface area contributed by atoms with E-state index in [4.69, 9.17) is 0 Å². The molecule has 0 heterocycles. The maximum atomic E-state index is 12.0. The van der Waals surface area contributed by atoms with E-state index < -0.39 is 22.8 Å². The molecule has 0 aromatic rings. The molecule has 0 spiro atoms. The highest BCUT2D eigenvalue weighted by molar-refractivity contribution is 5.75. The lowest BCUT2D eigenvalue weighted by molar-refractivity contribution is -0.152. The molecular formula is C20H38O4. The van der Waals surface area contributed by atoms with Crippen molar-refractivity contribution in [3.8, 4) is 0 Å². The van der Waals surface area contributed by atoms with Crippen molar-refractivity contribution in [2.75, 3.05) is 0 Å². The van der Waals surface area contributed by atoms with Crippen LogP contribution in [0.4, 0.5) is 0 Å². The van der Waals surface area contributed by atoms with E-state index >= 15 is 0 Å². The van der Waals surface area contributed by atoms with Crippen LogP contribution in [-0.4, -0.2) is 22.2 Å². The monoisotopic (exact) mass is 342 g/mol. The summed E-state index contributed by atoms with van der Waals surface area (Å²) < 4.78 is 0. The van der Waals surface area contributed by atoms with Gasteiger partial charge < -0.3 is 10.2 Å². The number of rotatable bonds is 15. The quantitative estimate of drug-likeness (QED) is 0.364. The second kappa shape index (κ2) is 11.5. The van der Waals surface area contributed by atoms with Crippen LogP contribution < -0.4 is 0 Å². The molecule has 0 saturated heterocycles. The minimum Gasteiger partial charge on any atom is -0.481 e. The summed E-state index contributed by atoms with van der Waals surface area (Å²) in [5.74, 6) is -1.38. The second-order valence-corrected chi connectivity index (χ2v) is 7.29. The summed E-state index contributed by atoms with van der Waals surface area (Å²) >= 11 is 0. The maximum absolute atomic E-state index is 12.0. The Bertz CT molecular complexity index is 364. The van der Waals surface area contributed by atoms with Gasteiger partial charge in [-0.05, 0) is 38.5 Å². The summed E-state index contributed by atoms with van der Waals surface area (Å²) in [6.45, 7) is 8.05. The smallest absolute Gasteiger partial charge is 0.309 e. The van der Waals surface area contributed by atoms with Gasteiger partial charge in [-0.15, -0.1) is 0 Å².